The Morgan fingerprint density at radius 2 is 2.00 bits per heavy atom. The molecule has 0 saturated carbocycles. The smallest absolute Gasteiger partial charge is 0.289 e. The Bertz CT molecular complexity index is 568. The molecule has 4 nitrogen and oxygen atoms in total. The molecular weight excluding hydrogens is 272 g/mol. The van der Waals surface area contributed by atoms with Crippen LogP contribution in [0.15, 0.2) is 21.9 Å². The molecule has 0 bridgehead atoms. The van der Waals surface area contributed by atoms with Crippen LogP contribution in [0, 0.1) is 6.92 Å². The summed E-state index contributed by atoms with van der Waals surface area (Å²) in [5.74, 6) is 1.02. The second-order valence-electron chi connectivity index (χ2n) is 4.71. The van der Waals surface area contributed by atoms with Crippen molar-refractivity contribution in [1.82, 2.24) is 9.88 Å². The molecule has 1 amide bonds. The summed E-state index contributed by atoms with van der Waals surface area (Å²) in [6.45, 7) is 7.62. The maximum absolute atomic E-state index is 12.4. The van der Waals surface area contributed by atoms with E-state index in [1.165, 1.54) is 0 Å². The van der Waals surface area contributed by atoms with E-state index in [4.69, 9.17) is 4.42 Å². The monoisotopic (exact) mass is 292 g/mol. The highest BCUT2D eigenvalue weighted by molar-refractivity contribution is 7.09. The van der Waals surface area contributed by atoms with Crippen LogP contribution in [0.1, 0.15) is 42.3 Å². The van der Waals surface area contributed by atoms with E-state index in [9.17, 15) is 4.79 Å². The van der Waals surface area contributed by atoms with Crippen LogP contribution < -0.4 is 0 Å². The number of thiazole rings is 1. The van der Waals surface area contributed by atoms with Gasteiger partial charge in [-0.3, -0.25) is 4.79 Å². The predicted octanol–water partition coefficient (Wildman–Crippen LogP) is 3.97. The first kappa shape index (κ1) is 14.8. The zero-order valence-electron chi connectivity index (χ0n) is 12.2. The van der Waals surface area contributed by atoms with E-state index in [0.717, 1.165) is 36.6 Å². The Morgan fingerprint density at radius 3 is 2.55 bits per heavy atom. The van der Waals surface area contributed by atoms with Crippen LogP contribution in [0.4, 0.5) is 0 Å². The summed E-state index contributed by atoms with van der Waals surface area (Å²) in [5, 5.41) is 2.93. The van der Waals surface area contributed by atoms with Crippen molar-refractivity contribution in [2.45, 2.75) is 33.6 Å². The lowest BCUT2D eigenvalue weighted by Crippen LogP contribution is -2.32. The van der Waals surface area contributed by atoms with Crippen LogP contribution in [0.25, 0.3) is 11.5 Å². The van der Waals surface area contributed by atoms with Gasteiger partial charge in [0.1, 0.15) is 5.69 Å². The molecule has 0 spiro atoms. The van der Waals surface area contributed by atoms with Gasteiger partial charge in [-0.05, 0) is 31.9 Å². The van der Waals surface area contributed by atoms with Gasteiger partial charge in [-0.25, -0.2) is 4.98 Å². The second-order valence-corrected chi connectivity index (χ2v) is 5.77. The van der Waals surface area contributed by atoms with Crippen molar-refractivity contribution < 1.29 is 9.21 Å². The molecule has 0 unspecified atom stereocenters. The summed E-state index contributed by atoms with van der Waals surface area (Å²) < 4.78 is 5.67. The maximum atomic E-state index is 12.4. The first-order valence-corrected chi connectivity index (χ1v) is 7.85. The molecule has 20 heavy (non-hydrogen) atoms. The van der Waals surface area contributed by atoms with E-state index < -0.39 is 0 Å². The van der Waals surface area contributed by atoms with Gasteiger partial charge < -0.3 is 9.32 Å². The fourth-order valence-corrected chi connectivity index (χ4v) is 2.68. The topological polar surface area (TPSA) is 46.3 Å². The van der Waals surface area contributed by atoms with Crippen LogP contribution in [-0.2, 0) is 0 Å². The number of furan rings is 1. The van der Waals surface area contributed by atoms with Crippen molar-refractivity contribution >= 4 is 17.2 Å². The summed E-state index contributed by atoms with van der Waals surface area (Å²) in [4.78, 5) is 18.6. The van der Waals surface area contributed by atoms with Gasteiger partial charge in [0.2, 0.25) is 0 Å². The van der Waals surface area contributed by atoms with Crippen molar-refractivity contribution in [3.63, 3.8) is 0 Å². The average Bonchev–Trinajstić information content (AvgIpc) is 3.06. The summed E-state index contributed by atoms with van der Waals surface area (Å²) >= 11 is 1.57. The number of hydrogen-bond donors (Lipinski definition) is 0. The molecule has 0 fully saturated rings. The molecule has 0 N–H and O–H groups in total. The van der Waals surface area contributed by atoms with E-state index in [-0.39, 0.29) is 5.91 Å². The molecule has 0 atom stereocenters. The van der Waals surface area contributed by atoms with E-state index in [1.807, 2.05) is 23.3 Å². The van der Waals surface area contributed by atoms with Crippen molar-refractivity contribution in [2.75, 3.05) is 13.1 Å². The molecule has 0 aliphatic carbocycles. The normalized spacial score (nSPS) is 10.8. The van der Waals surface area contributed by atoms with Crippen LogP contribution >= 0.6 is 11.3 Å². The lowest BCUT2D eigenvalue weighted by molar-refractivity contribution is 0.0724. The zero-order chi connectivity index (χ0) is 14.5. The first-order chi connectivity index (χ1) is 9.65. The highest BCUT2D eigenvalue weighted by Gasteiger charge is 2.19. The molecule has 108 valence electrons. The molecular formula is C15H20N2O2S. The minimum Gasteiger partial charge on any atom is -0.449 e. The number of carbonyl (C=O) groups excluding carboxylic acids is 1. The SMILES string of the molecule is CCCN(CCC)C(=O)c1ccc(-c2csc(C)n2)o1. The molecule has 0 saturated heterocycles. The third-order valence-electron chi connectivity index (χ3n) is 2.96. The van der Waals surface area contributed by atoms with Gasteiger partial charge in [0.15, 0.2) is 11.5 Å². The van der Waals surface area contributed by atoms with E-state index in [2.05, 4.69) is 18.8 Å². The molecule has 2 heterocycles. The number of amides is 1. The van der Waals surface area contributed by atoms with Gasteiger partial charge in [0.05, 0.1) is 5.01 Å². The quantitative estimate of drug-likeness (QED) is 0.809. The molecule has 0 radical (unpaired) electrons. The minimum atomic E-state index is -0.0353. The van der Waals surface area contributed by atoms with E-state index in [0.29, 0.717) is 11.5 Å². The highest BCUT2D eigenvalue weighted by atomic mass is 32.1. The number of nitrogens with zero attached hydrogens (tertiary/aromatic N) is 2. The fraction of sp³-hybridized carbons (Fsp3) is 0.467. The van der Waals surface area contributed by atoms with Crippen molar-refractivity contribution in [1.29, 1.82) is 0 Å². The van der Waals surface area contributed by atoms with Gasteiger partial charge in [0.25, 0.3) is 5.91 Å². The molecule has 5 heteroatoms. The minimum absolute atomic E-state index is 0.0353. The average molecular weight is 292 g/mol. The Kier molecular flexibility index (Phi) is 4.95. The van der Waals surface area contributed by atoms with Crippen LogP contribution in [0.2, 0.25) is 0 Å². The summed E-state index contributed by atoms with van der Waals surface area (Å²) in [6.07, 6.45) is 1.90. The van der Waals surface area contributed by atoms with Gasteiger partial charge >= 0.3 is 0 Å². The Balaban J connectivity index is 2.16. The van der Waals surface area contributed by atoms with Crippen LogP contribution in [0.5, 0.6) is 0 Å². The second kappa shape index (κ2) is 6.70. The Hall–Kier alpha value is -1.62. The number of hydrogen-bond acceptors (Lipinski definition) is 4. The number of aryl methyl sites for hydroxylation is 1. The maximum Gasteiger partial charge on any atom is 0.289 e. The summed E-state index contributed by atoms with van der Waals surface area (Å²) in [7, 11) is 0. The van der Waals surface area contributed by atoms with Crippen LogP contribution in [0.3, 0.4) is 0 Å². The standard InChI is InChI=1S/C15H20N2O2S/c1-4-8-17(9-5-2)15(18)14-7-6-13(19-14)12-10-20-11(3)16-12/h6-7,10H,4-5,8-9H2,1-3H3. The molecule has 2 aromatic rings. The summed E-state index contributed by atoms with van der Waals surface area (Å²) in [6, 6.07) is 3.56. The predicted molar refractivity (Wildman–Crippen MR) is 81.0 cm³/mol. The number of rotatable bonds is 6. The molecule has 2 aromatic heterocycles. The van der Waals surface area contributed by atoms with Gasteiger partial charge in [-0.1, -0.05) is 13.8 Å². The molecule has 2 rings (SSSR count). The lowest BCUT2D eigenvalue weighted by Gasteiger charge is -2.19. The lowest BCUT2D eigenvalue weighted by atomic mass is 10.3. The Morgan fingerprint density at radius 1 is 1.30 bits per heavy atom. The third kappa shape index (κ3) is 3.28. The number of carbonyl (C=O) groups is 1. The first-order valence-electron chi connectivity index (χ1n) is 6.97. The van der Waals surface area contributed by atoms with Crippen molar-refractivity contribution in [3.05, 3.63) is 28.3 Å². The Labute approximate surface area is 123 Å². The van der Waals surface area contributed by atoms with Gasteiger partial charge in [-0.15, -0.1) is 11.3 Å². The van der Waals surface area contributed by atoms with E-state index >= 15 is 0 Å². The molecule has 0 aliphatic rings. The number of aromatic nitrogens is 1. The van der Waals surface area contributed by atoms with E-state index in [1.54, 1.807) is 17.4 Å². The fourth-order valence-electron chi connectivity index (χ4n) is 2.08. The molecule has 0 aromatic carbocycles. The van der Waals surface area contributed by atoms with Crippen molar-refractivity contribution in [2.24, 2.45) is 0 Å². The zero-order valence-corrected chi connectivity index (χ0v) is 13.0. The summed E-state index contributed by atoms with van der Waals surface area (Å²) in [5.41, 5.74) is 0.795. The van der Waals surface area contributed by atoms with Gasteiger partial charge in [-0.2, -0.15) is 0 Å². The van der Waals surface area contributed by atoms with Gasteiger partial charge in [0, 0.05) is 18.5 Å². The van der Waals surface area contributed by atoms with Crippen molar-refractivity contribution in [3.8, 4) is 11.5 Å². The highest BCUT2D eigenvalue weighted by Crippen LogP contribution is 2.24. The largest absolute Gasteiger partial charge is 0.449 e. The van der Waals surface area contributed by atoms with Crippen LogP contribution in [-0.4, -0.2) is 28.9 Å². The molecule has 0 aliphatic heterocycles. The third-order valence-corrected chi connectivity index (χ3v) is 3.74.